The highest BCUT2D eigenvalue weighted by molar-refractivity contribution is 7.46. The Labute approximate surface area is 296 Å². The number of esters is 2. The lowest BCUT2D eigenvalue weighted by Gasteiger charge is -2.18. The molecule has 11 heteroatoms. The number of hydrogen-bond acceptors (Lipinski definition) is 8. The maximum absolute atomic E-state index is 12.3. The SMILES string of the molecule is CCCCC/C=C\C[C@@H](O)/C=C/C=C/C=C\[C@@H](O)CCCC(=O)OC[C@H](COP(=O)(O)O)OC(=O)CCCCCCCCCCCCCC. The molecule has 0 saturated heterocycles. The van der Waals surface area contributed by atoms with Crippen LogP contribution in [0.3, 0.4) is 0 Å². The third-order valence-corrected chi connectivity index (χ3v) is 8.28. The minimum absolute atomic E-state index is 0.00723. The molecular weight excluding hydrogens is 647 g/mol. The third kappa shape index (κ3) is 35.6. The number of carbonyl (C=O) groups is 2. The van der Waals surface area contributed by atoms with Crippen LogP contribution in [0.4, 0.5) is 0 Å². The summed E-state index contributed by atoms with van der Waals surface area (Å²) < 4.78 is 26.1. The molecule has 4 N–H and O–H groups in total. The van der Waals surface area contributed by atoms with E-state index in [1.807, 2.05) is 6.08 Å². The maximum Gasteiger partial charge on any atom is 0.469 e. The van der Waals surface area contributed by atoms with Crippen LogP contribution in [0.1, 0.15) is 149 Å². The van der Waals surface area contributed by atoms with Crippen LogP contribution in [0.2, 0.25) is 0 Å². The molecule has 0 spiro atoms. The van der Waals surface area contributed by atoms with Crippen molar-refractivity contribution in [1.82, 2.24) is 0 Å². The molecule has 0 aliphatic rings. The lowest BCUT2D eigenvalue weighted by Crippen LogP contribution is -2.29. The third-order valence-electron chi connectivity index (χ3n) is 7.79. The van der Waals surface area contributed by atoms with Crippen LogP contribution in [-0.2, 0) is 28.2 Å². The molecule has 49 heavy (non-hydrogen) atoms. The Morgan fingerprint density at radius 2 is 1.16 bits per heavy atom. The summed E-state index contributed by atoms with van der Waals surface area (Å²) in [4.78, 5) is 42.7. The number of allylic oxidation sites excluding steroid dienone is 5. The van der Waals surface area contributed by atoms with E-state index in [1.165, 1.54) is 70.6 Å². The fourth-order valence-corrected chi connectivity index (χ4v) is 5.28. The monoisotopic (exact) mass is 714 g/mol. The van der Waals surface area contributed by atoms with Gasteiger partial charge in [-0.2, -0.15) is 0 Å². The summed E-state index contributed by atoms with van der Waals surface area (Å²) in [5, 5.41) is 20.1. The van der Waals surface area contributed by atoms with E-state index in [2.05, 4.69) is 24.4 Å². The second kappa shape index (κ2) is 33.1. The van der Waals surface area contributed by atoms with Gasteiger partial charge in [0.15, 0.2) is 6.10 Å². The average Bonchev–Trinajstić information content (AvgIpc) is 3.05. The van der Waals surface area contributed by atoms with Gasteiger partial charge in [0.2, 0.25) is 0 Å². The number of aliphatic hydroxyl groups is 2. The van der Waals surface area contributed by atoms with Gasteiger partial charge in [-0.1, -0.05) is 146 Å². The van der Waals surface area contributed by atoms with Crippen LogP contribution < -0.4 is 0 Å². The average molecular weight is 715 g/mol. The molecule has 0 unspecified atom stereocenters. The van der Waals surface area contributed by atoms with Gasteiger partial charge < -0.3 is 29.5 Å². The van der Waals surface area contributed by atoms with E-state index >= 15 is 0 Å². The molecule has 0 heterocycles. The molecule has 0 aliphatic heterocycles. The van der Waals surface area contributed by atoms with Crippen molar-refractivity contribution in [1.29, 1.82) is 0 Å². The zero-order valence-corrected chi connectivity index (χ0v) is 31.2. The van der Waals surface area contributed by atoms with Crippen molar-refractivity contribution < 1.29 is 48.2 Å². The van der Waals surface area contributed by atoms with Crippen LogP contribution in [-0.4, -0.2) is 63.5 Å². The van der Waals surface area contributed by atoms with E-state index in [0.717, 1.165) is 25.7 Å². The lowest BCUT2D eigenvalue weighted by atomic mass is 10.0. The number of phosphoric acid groups is 1. The Kier molecular flexibility index (Phi) is 31.7. The Hall–Kier alpha value is -2.07. The van der Waals surface area contributed by atoms with Gasteiger partial charge in [0.25, 0.3) is 0 Å². The van der Waals surface area contributed by atoms with Gasteiger partial charge in [-0.25, -0.2) is 4.57 Å². The molecule has 0 aliphatic carbocycles. The van der Waals surface area contributed by atoms with Gasteiger partial charge in [-0.15, -0.1) is 0 Å². The van der Waals surface area contributed by atoms with Gasteiger partial charge in [-0.3, -0.25) is 14.1 Å². The summed E-state index contributed by atoms with van der Waals surface area (Å²) in [5.41, 5.74) is 0. The molecule has 0 aromatic heterocycles. The Morgan fingerprint density at radius 1 is 0.633 bits per heavy atom. The van der Waals surface area contributed by atoms with Crippen molar-refractivity contribution in [3.05, 3.63) is 48.6 Å². The Bertz CT molecular complexity index is 972. The molecule has 3 atom stereocenters. The number of hydrogen-bond donors (Lipinski definition) is 4. The van der Waals surface area contributed by atoms with Crippen molar-refractivity contribution in [2.45, 2.75) is 167 Å². The minimum Gasteiger partial charge on any atom is -0.462 e. The molecule has 284 valence electrons. The van der Waals surface area contributed by atoms with Crippen LogP contribution in [0.25, 0.3) is 0 Å². The molecule has 0 saturated carbocycles. The summed E-state index contributed by atoms with van der Waals surface area (Å²) in [6.07, 6.45) is 31.8. The van der Waals surface area contributed by atoms with E-state index in [9.17, 15) is 24.4 Å². The van der Waals surface area contributed by atoms with Gasteiger partial charge >= 0.3 is 19.8 Å². The molecular formula is C38H67O10P. The van der Waals surface area contributed by atoms with Crippen LogP contribution >= 0.6 is 7.82 Å². The number of rotatable bonds is 33. The summed E-state index contributed by atoms with van der Waals surface area (Å²) in [6.45, 7) is 3.39. The molecule has 0 rings (SSSR count). The molecule has 0 bridgehead atoms. The van der Waals surface area contributed by atoms with E-state index < -0.39 is 51.3 Å². The number of unbranched alkanes of at least 4 members (excludes halogenated alkanes) is 14. The molecule has 10 nitrogen and oxygen atoms in total. The van der Waals surface area contributed by atoms with Gasteiger partial charge in [0.05, 0.1) is 18.8 Å². The fourth-order valence-electron chi connectivity index (χ4n) is 4.92. The predicted molar refractivity (Wildman–Crippen MR) is 196 cm³/mol. The maximum atomic E-state index is 12.3. The fraction of sp³-hybridized carbons (Fsp3) is 0.737. The number of phosphoric ester groups is 1. The van der Waals surface area contributed by atoms with E-state index in [1.54, 1.807) is 36.5 Å². The van der Waals surface area contributed by atoms with Crippen LogP contribution in [0.5, 0.6) is 0 Å². The summed E-state index contributed by atoms with van der Waals surface area (Å²) in [6, 6.07) is 0. The first kappa shape index (κ1) is 46.9. The molecule has 0 amide bonds. The summed E-state index contributed by atoms with van der Waals surface area (Å²) >= 11 is 0. The number of ether oxygens (including phenoxy) is 2. The molecule has 0 radical (unpaired) electrons. The van der Waals surface area contributed by atoms with Crippen LogP contribution in [0, 0.1) is 0 Å². The highest BCUT2D eigenvalue weighted by Gasteiger charge is 2.23. The van der Waals surface area contributed by atoms with E-state index in [4.69, 9.17) is 19.3 Å². The Balaban J connectivity index is 4.26. The van der Waals surface area contributed by atoms with Gasteiger partial charge in [0.1, 0.15) is 6.61 Å². The smallest absolute Gasteiger partial charge is 0.462 e. The quantitative estimate of drug-likeness (QED) is 0.0170. The van der Waals surface area contributed by atoms with Gasteiger partial charge in [-0.05, 0) is 38.5 Å². The topological polar surface area (TPSA) is 160 Å². The standard InChI is InChI=1S/C38H67O10P/c1-3-5-7-9-11-12-13-14-15-16-18-24-30-38(42)48-36(33-47-49(43,44)45)32-46-37(41)31-25-29-35(40)28-23-20-19-22-27-34(39)26-21-17-10-8-6-4-2/h17,19-23,27-28,34-36,39-40H,3-16,18,24-26,29-33H2,1-2H3,(H2,43,44,45)/b20-19+,21-17-,27-22+,28-23-/t34-,35-,36-/m1/s1. The van der Waals surface area contributed by atoms with Crippen molar-refractivity contribution in [2.75, 3.05) is 13.2 Å². The lowest BCUT2D eigenvalue weighted by molar-refractivity contribution is -0.161. The van der Waals surface area contributed by atoms with Crippen LogP contribution in [0.15, 0.2) is 48.6 Å². The first-order valence-corrected chi connectivity index (χ1v) is 20.2. The van der Waals surface area contributed by atoms with Gasteiger partial charge in [0, 0.05) is 12.8 Å². The number of carbonyl (C=O) groups excluding carboxylic acids is 2. The predicted octanol–water partition coefficient (Wildman–Crippen LogP) is 8.73. The first-order valence-electron chi connectivity index (χ1n) is 18.6. The number of aliphatic hydroxyl groups excluding tert-OH is 2. The summed E-state index contributed by atoms with van der Waals surface area (Å²) in [5.74, 6) is -1.13. The van der Waals surface area contributed by atoms with Crippen molar-refractivity contribution >= 4 is 19.8 Å². The molecule has 0 aromatic carbocycles. The normalized spacial score (nSPS) is 14.3. The largest absolute Gasteiger partial charge is 0.469 e. The van der Waals surface area contributed by atoms with Crippen molar-refractivity contribution in [2.24, 2.45) is 0 Å². The minimum atomic E-state index is -4.81. The van der Waals surface area contributed by atoms with Crippen molar-refractivity contribution in [3.8, 4) is 0 Å². The van der Waals surface area contributed by atoms with E-state index in [-0.39, 0.29) is 12.8 Å². The van der Waals surface area contributed by atoms with E-state index in [0.29, 0.717) is 25.7 Å². The molecule has 0 aromatic rings. The molecule has 0 fully saturated rings. The zero-order chi connectivity index (χ0) is 36.4. The second-order valence-electron chi connectivity index (χ2n) is 12.6. The zero-order valence-electron chi connectivity index (χ0n) is 30.3. The highest BCUT2D eigenvalue weighted by atomic mass is 31.2. The Morgan fingerprint density at radius 3 is 1.76 bits per heavy atom. The summed E-state index contributed by atoms with van der Waals surface area (Å²) in [7, 11) is -4.81. The highest BCUT2D eigenvalue weighted by Crippen LogP contribution is 2.36. The van der Waals surface area contributed by atoms with Crippen molar-refractivity contribution in [3.63, 3.8) is 0 Å². The first-order chi connectivity index (χ1) is 23.6. The second-order valence-corrected chi connectivity index (χ2v) is 13.8.